The van der Waals surface area contributed by atoms with Gasteiger partial charge in [0.15, 0.2) is 0 Å². The second-order valence-electron chi connectivity index (χ2n) is 11.7. The molecule has 0 radical (unpaired) electrons. The number of amides is 2. The van der Waals surface area contributed by atoms with Crippen molar-refractivity contribution in [3.63, 3.8) is 0 Å². The molecule has 10 nitrogen and oxygen atoms in total. The zero-order chi connectivity index (χ0) is 29.4. The lowest BCUT2D eigenvalue weighted by atomic mass is 9.82. The van der Waals surface area contributed by atoms with Crippen LogP contribution in [0, 0.1) is 11.8 Å². The maximum absolute atomic E-state index is 13.4. The molecule has 1 aliphatic carbocycles. The van der Waals surface area contributed by atoms with Crippen molar-refractivity contribution >= 4 is 28.7 Å². The fourth-order valence-corrected chi connectivity index (χ4v) is 4.96. The third-order valence-corrected chi connectivity index (χ3v) is 7.20. The maximum atomic E-state index is 13.4. The van der Waals surface area contributed by atoms with Gasteiger partial charge in [-0.2, -0.15) is 0 Å². The first-order chi connectivity index (χ1) is 19.6. The van der Waals surface area contributed by atoms with Gasteiger partial charge < -0.3 is 30.9 Å². The van der Waals surface area contributed by atoms with E-state index in [-0.39, 0.29) is 25.2 Å². The van der Waals surface area contributed by atoms with Crippen LogP contribution in [0.1, 0.15) is 56.8 Å². The number of fused-ring (bicyclic) bond motifs is 1. The molecule has 1 saturated carbocycles. The first-order valence-corrected chi connectivity index (χ1v) is 14.3. The number of nitrogens with one attached hydrogen (secondary N) is 3. The van der Waals surface area contributed by atoms with Crippen LogP contribution in [-0.4, -0.2) is 70.1 Å². The summed E-state index contributed by atoms with van der Waals surface area (Å²) < 4.78 is 5.33. The highest BCUT2D eigenvalue weighted by atomic mass is 16.6. The summed E-state index contributed by atoms with van der Waals surface area (Å²) in [6.07, 6.45) is 4.40. The van der Waals surface area contributed by atoms with Crippen molar-refractivity contribution in [1.29, 1.82) is 0 Å². The highest BCUT2D eigenvalue weighted by molar-refractivity contribution is 6.07. The smallest absolute Gasteiger partial charge is 0.407 e. The van der Waals surface area contributed by atoms with E-state index in [2.05, 4.69) is 20.9 Å². The lowest BCUT2D eigenvalue weighted by Crippen LogP contribution is -2.37. The van der Waals surface area contributed by atoms with Crippen molar-refractivity contribution < 1.29 is 24.5 Å². The Morgan fingerprint density at radius 1 is 1.02 bits per heavy atom. The minimum Gasteiger partial charge on any atom is -0.444 e. The van der Waals surface area contributed by atoms with Gasteiger partial charge in [0.2, 0.25) is 0 Å². The molecule has 1 fully saturated rings. The topological polar surface area (TPSA) is 146 Å². The normalized spacial score (nSPS) is 18.0. The van der Waals surface area contributed by atoms with E-state index in [1.54, 1.807) is 18.3 Å². The van der Waals surface area contributed by atoms with Crippen LogP contribution in [0.25, 0.3) is 22.2 Å². The first kappa shape index (κ1) is 30.2. The lowest BCUT2D eigenvalue weighted by molar-refractivity contribution is 0.0512. The van der Waals surface area contributed by atoms with E-state index in [4.69, 9.17) is 14.8 Å². The van der Waals surface area contributed by atoms with E-state index in [1.807, 2.05) is 51.1 Å². The maximum Gasteiger partial charge on any atom is 0.407 e. The predicted octanol–water partition coefficient (Wildman–Crippen LogP) is 4.12. The van der Waals surface area contributed by atoms with Crippen molar-refractivity contribution in [2.24, 2.45) is 11.8 Å². The third-order valence-electron chi connectivity index (χ3n) is 7.20. The van der Waals surface area contributed by atoms with Crippen molar-refractivity contribution in [3.8, 4) is 11.3 Å². The molecular formula is C31H41N5O5. The molecule has 0 saturated heterocycles. The van der Waals surface area contributed by atoms with Gasteiger partial charge in [-0.05, 0) is 82.6 Å². The Kier molecular flexibility index (Phi) is 10.1. The summed E-state index contributed by atoms with van der Waals surface area (Å²) in [5, 5.41) is 28.3. The fourth-order valence-electron chi connectivity index (χ4n) is 4.96. The molecule has 1 atom stereocenters. The molecule has 3 aromatic rings. The minimum atomic E-state index is -0.865. The van der Waals surface area contributed by atoms with Crippen LogP contribution in [-0.2, 0) is 4.74 Å². The van der Waals surface area contributed by atoms with Crippen LogP contribution >= 0.6 is 0 Å². The molecular weight excluding hydrogens is 522 g/mol. The van der Waals surface area contributed by atoms with Crippen molar-refractivity contribution in [3.05, 3.63) is 54.2 Å². The molecule has 220 valence electrons. The number of anilines is 1. The number of pyridine rings is 2. The number of carbonyl (C=O) groups is 2. The van der Waals surface area contributed by atoms with Gasteiger partial charge in [0, 0.05) is 36.8 Å². The van der Waals surface area contributed by atoms with Gasteiger partial charge in [0.05, 0.1) is 29.5 Å². The van der Waals surface area contributed by atoms with Gasteiger partial charge in [-0.15, -0.1) is 0 Å². The number of ether oxygens (including phenoxy) is 1. The molecule has 10 heteroatoms. The molecule has 0 spiro atoms. The second-order valence-corrected chi connectivity index (χ2v) is 11.7. The van der Waals surface area contributed by atoms with Crippen molar-refractivity contribution in [2.45, 2.75) is 58.2 Å². The quantitative estimate of drug-likeness (QED) is 0.248. The molecule has 0 aliphatic heterocycles. The molecule has 2 heterocycles. The fraction of sp³-hybridized carbons (Fsp3) is 0.484. The Bertz CT molecular complexity index is 1320. The second kappa shape index (κ2) is 13.7. The standard InChI is InChI=1S/C31H41N5O5/c1-31(2,3)41-30(40)35-16-21-10-8-20(9-11-21)15-34-29(39)25-14-27(36-26-7-5-4-6-24(25)26)22-12-13-28(32-17-22)33-18-23(38)19-37/h4-7,12-14,17,20-21,23,37-38H,8-11,15-16,18-19H2,1-3H3,(H,32,33)(H,34,39)(H,35,40). The van der Waals surface area contributed by atoms with Gasteiger partial charge in [-0.1, -0.05) is 18.2 Å². The third kappa shape index (κ3) is 8.86. The molecule has 4 rings (SSSR count). The van der Waals surface area contributed by atoms with Crippen LogP contribution in [0.2, 0.25) is 0 Å². The zero-order valence-corrected chi connectivity index (χ0v) is 24.0. The van der Waals surface area contributed by atoms with Crippen molar-refractivity contribution in [1.82, 2.24) is 20.6 Å². The Morgan fingerprint density at radius 3 is 2.34 bits per heavy atom. The van der Waals surface area contributed by atoms with Gasteiger partial charge in [0.1, 0.15) is 11.4 Å². The first-order valence-electron chi connectivity index (χ1n) is 14.3. The molecule has 2 aromatic heterocycles. The Labute approximate surface area is 240 Å². The van der Waals surface area contributed by atoms with Crippen LogP contribution < -0.4 is 16.0 Å². The number of aromatic nitrogens is 2. The average Bonchev–Trinajstić information content (AvgIpc) is 2.97. The number of benzene rings is 1. The van der Waals surface area contributed by atoms with E-state index in [9.17, 15) is 14.7 Å². The van der Waals surface area contributed by atoms with E-state index in [1.165, 1.54) is 0 Å². The summed E-state index contributed by atoms with van der Waals surface area (Å²) in [5.41, 5.74) is 2.18. The van der Waals surface area contributed by atoms with E-state index in [0.717, 1.165) is 42.1 Å². The summed E-state index contributed by atoms with van der Waals surface area (Å²) in [7, 11) is 0. The number of nitrogens with zero attached hydrogens (tertiary/aromatic N) is 2. The van der Waals surface area contributed by atoms with Crippen LogP contribution in [0.15, 0.2) is 48.7 Å². The lowest BCUT2D eigenvalue weighted by Gasteiger charge is -2.29. The van der Waals surface area contributed by atoms with Gasteiger partial charge >= 0.3 is 6.09 Å². The number of carbonyl (C=O) groups excluding carboxylic acids is 2. The largest absolute Gasteiger partial charge is 0.444 e. The van der Waals surface area contributed by atoms with Gasteiger partial charge in [-0.3, -0.25) is 4.79 Å². The SMILES string of the molecule is CC(C)(C)OC(=O)NCC1CCC(CNC(=O)c2cc(-c3ccc(NCC(O)CO)nc3)nc3ccccc23)CC1. The highest BCUT2D eigenvalue weighted by Crippen LogP contribution is 2.29. The summed E-state index contributed by atoms with van der Waals surface area (Å²) in [6.45, 7) is 6.62. The van der Waals surface area contributed by atoms with E-state index >= 15 is 0 Å². The average molecular weight is 564 g/mol. The summed E-state index contributed by atoms with van der Waals surface area (Å²) in [5.74, 6) is 1.23. The zero-order valence-electron chi connectivity index (χ0n) is 24.0. The summed E-state index contributed by atoms with van der Waals surface area (Å²) in [6, 6.07) is 13.0. The van der Waals surface area contributed by atoms with E-state index in [0.29, 0.717) is 42.0 Å². The van der Waals surface area contributed by atoms with Crippen molar-refractivity contribution in [2.75, 3.05) is 31.6 Å². The van der Waals surface area contributed by atoms with Gasteiger partial charge in [-0.25, -0.2) is 14.8 Å². The molecule has 1 aliphatic rings. The Balaban J connectivity index is 1.35. The molecule has 1 unspecified atom stereocenters. The van der Waals surface area contributed by atoms with Crippen LogP contribution in [0.5, 0.6) is 0 Å². The highest BCUT2D eigenvalue weighted by Gasteiger charge is 2.24. The molecule has 0 bridgehead atoms. The van der Waals surface area contributed by atoms with Crippen LogP contribution in [0.4, 0.5) is 10.6 Å². The number of aliphatic hydroxyl groups excluding tert-OH is 2. The number of para-hydroxylation sites is 1. The number of hydrogen-bond donors (Lipinski definition) is 5. The minimum absolute atomic E-state index is 0.136. The monoisotopic (exact) mass is 563 g/mol. The molecule has 5 N–H and O–H groups in total. The number of aliphatic hydroxyl groups is 2. The summed E-state index contributed by atoms with van der Waals surface area (Å²) >= 11 is 0. The van der Waals surface area contributed by atoms with E-state index < -0.39 is 11.7 Å². The Morgan fingerprint density at radius 2 is 1.71 bits per heavy atom. The predicted molar refractivity (Wildman–Crippen MR) is 159 cm³/mol. The number of rotatable bonds is 10. The number of hydrogen-bond acceptors (Lipinski definition) is 8. The van der Waals surface area contributed by atoms with Crippen LogP contribution in [0.3, 0.4) is 0 Å². The molecule has 41 heavy (non-hydrogen) atoms. The van der Waals surface area contributed by atoms with Gasteiger partial charge in [0.25, 0.3) is 5.91 Å². The molecule has 2 amide bonds. The molecule has 1 aromatic carbocycles. The number of alkyl carbamates (subject to hydrolysis) is 1. The summed E-state index contributed by atoms with van der Waals surface area (Å²) in [4.78, 5) is 34.5. The Hall–Kier alpha value is -3.76.